The van der Waals surface area contributed by atoms with Crippen LogP contribution in [0.2, 0.25) is 5.02 Å². The van der Waals surface area contributed by atoms with E-state index in [0.29, 0.717) is 10.7 Å². The molecule has 1 aromatic carbocycles. The maximum atomic E-state index is 12.2. The first kappa shape index (κ1) is 12.5. The molecule has 0 spiro atoms. The molecule has 0 saturated carbocycles. The lowest BCUT2D eigenvalue weighted by molar-refractivity contribution is -0.122. The monoisotopic (exact) mass is 277 g/mol. The maximum absolute atomic E-state index is 12.2. The van der Waals surface area contributed by atoms with Crippen molar-refractivity contribution in [1.29, 1.82) is 0 Å². The number of benzene rings is 1. The molecular formula is C14H16ClN3O. The fraction of sp³-hybridized carbons (Fsp3) is 0.429. The highest BCUT2D eigenvalue weighted by molar-refractivity contribution is 6.42. The molecule has 2 heterocycles. The number of halogens is 1. The van der Waals surface area contributed by atoms with Gasteiger partial charge in [-0.2, -0.15) is 5.10 Å². The molecule has 0 aliphatic carbocycles. The number of fused-ring (bicyclic) bond motifs is 1. The van der Waals surface area contributed by atoms with Gasteiger partial charge in [-0.1, -0.05) is 18.5 Å². The van der Waals surface area contributed by atoms with Gasteiger partial charge in [0.1, 0.15) is 5.71 Å². The highest BCUT2D eigenvalue weighted by Crippen LogP contribution is 2.28. The van der Waals surface area contributed by atoms with E-state index in [1.807, 2.05) is 34.2 Å². The molecule has 1 saturated heterocycles. The summed E-state index contributed by atoms with van der Waals surface area (Å²) in [7, 11) is 0. The molecule has 1 fully saturated rings. The third-order valence-corrected chi connectivity index (χ3v) is 3.83. The van der Waals surface area contributed by atoms with Crippen molar-refractivity contribution in [2.75, 3.05) is 24.6 Å². The van der Waals surface area contributed by atoms with Crippen molar-refractivity contribution in [3.8, 4) is 0 Å². The number of carbonyl (C=O) groups excluding carboxylic acids is 1. The Balaban J connectivity index is 1.79. The Labute approximate surface area is 117 Å². The van der Waals surface area contributed by atoms with E-state index in [9.17, 15) is 4.79 Å². The van der Waals surface area contributed by atoms with Crippen LogP contribution in [0.4, 0.5) is 5.69 Å². The van der Waals surface area contributed by atoms with Gasteiger partial charge in [0.15, 0.2) is 0 Å². The van der Waals surface area contributed by atoms with Gasteiger partial charge in [0, 0.05) is 24.0 Å². The van der Waals surface area contributed by atoms with Gasteiger partial charge < -0.3 is 4.90 Å². The van der Waals surface area contributed by atoms with E-state index in [0.717, 1.165) is 31.7 Å². The molecule has 3 rings (SSSR count). The Morgan fingerprint density at radius 1 is 1.32 bits per heavy atom. The minimum absolute atomic E-state index is 0.100. The van der Waals surface area contributed by atoms with Gasteiger partial charge in [-0.3, -0.25) is 9.80 Å². The lowest BCUT2D eigenvalue weighted by Gasteiger charge is -2.19. The summed E-state index contributed by atoms with van der Waals surface area (Å²) >= 11 is 5.88. The van der Waals surface area contributed by atoms with Gasteiger partial charge in [-0.25, -0.2) is 0 Å². The van der Waals surface area contributed by atoms with E-state index < -0.39 is 0 Å². The number of anilines is 1. The fourth-order valence-corrected chi connectivity index (χ4v) is 2.79. The lowest BCUT2D eigenvalue weighted by atomic mass is 10.1. The Bertz CT molecular complexity index is 526. The van der Waals surface area contributed by atoms with Crippen molar-refractivity contribution in [1.82, 2.24) is 4.90 Å². The van der Waals surface area contributed by atoms with Crippen LogP contribution in [0.1, 0.15) is 13.3 Å². The summed E-state index contributed by atoms with van der Waals surface area (Å²) in [6, 6.07) is 7.55. The van der Waals surface area contributed by atoms with Crippen LogP contribution in [-0.2, 0) is 4.79 Å². The van der Waals surface area contributed by atoms with Crippen molar-refractivity contribution in [2.45, 2.75) is 13.3 Å². The number of likely N-dealkylation sites (tertiary alicyclic amines) is 1. The molecule has 1 unspecified atom stereocenters. The molecule has 1 amide bonds. The van der Waals surface area contributed by atoms with Crippen molar-refractivity contribution < 1.29 is 4.79 Å². The second kappa shape index (κ2) is 4.85. The molecule has 100 valence electrons. The van der Waals surface area contributed by atoms with Crippen LogP contribution in [0.15, 0.2) is 29.4 Å². The Hall–Kier alpha value is -1.55. The summed E-state index contributed by atoms with van der Waals surface area (Å²) in [6.45, 7) is 4.50. The molecule has 5 heteroatoms. The first-order valence-electron chi connectivity index (χ1n) is 6.60. The highest BCUT2D eigenvalue weighted by atomic mass is 35.5. The summed E-state index contributed by atoms with van der Waals surface area (Å²) in [4.78, 5) is 14.1. The first-order valence-corrected chi connectivity index (χ1v) is 6.97. The van der Waals surface area contributed by atoms with Gasteiger partial charge in [0.05, 0.1) is 12.2 Å². The van der Waals surface area contributed by atoms with Gasteiger partial charge >= 0.3 is 0 Å². The van der Waals surface area contributed by atoms with Crippen LogP contribution >= 0.6 is 11.6 Å². The Morgan fingerprint density at radius 3 is 2.68 bits per heavy atom. The summed E-state index contributed by atoms with van der Waals surface area (Å²) < 4.78 is 0. The van der Waals surface area contributed by atoms with Crippen molar-refractivity contribution >= 4 is 28.9 Å². The van der Waals surface area contributed by atoms with Crippen LogP contribution in [0.5, 0.6) is 0 Å². The SMILES string of the molecule is CCCN1CC2CN(c3ccc(Cl)cc3)N=C2C1=O. The van der Waals surface area contributed by atoms with E-state index >= 15 is 0 Å². The van der Waals surface area contributed by atoms with Crippen LogP contribution in [0, 0.1) is 5.92 Å². The zero-order valence-corrected chi connectivity index (χ0v) is 11.6. The standard InChI is InChI=1S/C14H16ClN3O/c1-2-7-17-8-10-9-18(16-13(10)14(17)19)12-5-3-11(15)4-6-12/h3-6,10H,2,7-9H2,1H3. The third kappa shape index (κ3) is 2.21. The van der Waals surface area contributed by atoms with Crippen molar-refractivity contribution in [2.24, 2.45) is 11.0 Å². The number of hydrogen-bond acceptors (Lipinski definition) is 3. The molecule has 0 aromatic heterocycles. The quantitative estimate of drug-likeness (QED) is 0.850. The van der Waals surface area contributed by atoms with E-state index in [1.165, 1.54) is 0 Å². The zero-order chi connectivity index (χ0) is 13.4. The van der Waals surface area contributed by atoms with E-state index in [1.54, 1.807) is 0 Å². The maximum Gasteiger partial charge on any atom is 0.270 e. The summed E-state index contributed by atoms with van der Waals surface area (Å²) in [5, 5.41) is 7.09. The van der Waals surface area contributed by atoms with Gasteiger partial charge in [0.25, 0.3) is 5.91 Å². The van der Waals surface area contributed by atoms with Crippen LogP contribution in [0.3, 0.4) is 0 Å². The van der Waals surface area contributed by atoms with Gasteiger partial charge in [-0.15, -0.1) is 0 Å². The number of amides is 1. The Kier molecular flexibility index (Phi) is 3.19. The fourth-order valence-electron chi connectivity index (χ4n) is 2.66. The number of hydrazone groups is 1. The minimum atomic E-state index is 0.100. The zero-order valence-electron chi connectivity index (χ0n) is 10.8. The van der Waals surface area contributed by atoms with Gasteiger partial charge in [0.2, 0.25) is 0 Å². The molecular weight excluding hydrogens is 262 g/mol. The number of rotatable bonds is 3. The van der Waals surface area contributed by atoms with Crippen LogP contribution < -0.4 is 5.01 Å². The molecule has 0 radical (unpaired) electrons. The van der Waals surface area contributed by atoms with E-state index in [4.69, 9.17) is 11.6 Å². The molecule has 0 bridgehead atoms. The lowest BCUT2D eigenvalue weighted by Crippen LogP contribution is -2.30. The Morgan fingerprint density at radius 2 is 2.05 bits per heavy atom. The first-order chi connectivity index (χ1) is 9.19. The topological polar surface area (TPSA) is 35.9 Å². The van der Waals surface area contributed by atoms with Gasteiger partial charge in [-0.05, 0) is 30.7 Å². The molecule has 4 nitrogen and oxygen atoms in total. The third-order valence-electron chi connectivity index (χ3n) is 3.57. The average Bonchev–Trinajstić information content (AvgIpc) is 2.92. The smallest absolute Gasteiger partial charge is 0.270 e. The minimum Gasteiger partial charge on any atom is -0.337 e. The average molecular weight is 278 g/mol. The number of carbonyl (C=O) groups is 1. The molecule has 0 N–H and O–H groups in total. The molecule has 2 aliphatic rings. The predicted octanol–water partition coefficient (Wildman–Crippen LogP) is 2.38. The molecule has 19 heavy (non-hydrogen) atoms. The van der Waals surface area contributed by atoms with Crippen LogP contribution in [0.25, 0.3) is 0 Å². The largest absolute Gasteiger partial charge is 0.337 e. The summed E-state index contributed by atoms with van der Waals surface area (Å²) in [5.41, 5.74) is 1.70. The molecule has 1 atom stereocenters. The van der Waals surface area contributed by atoms with Crippen molar-refractivity contribution in [3.05, 3.63) is 29.3 Å². The summed E-state index contributed by atoms with van der Waals surface area (Å²) in [5.74, 6) is 0.345. The number of nitrogens with zero attached hydrogens (tertiary/aromatic N) is 3. The van der Waals surface area contributed by atoms with E-state index in [2.05, 4.69) is 12.0 Å². The normalized spacial score (nSPS) is 21.9. The second-order valence-corrected chi connectivity index (χ2v) is 5.43. The van der Waals surface area contributed by atoms with Crippen molar-refractivity contribution in [3.63, 3.8) is 0 Å². The number of hydrogen-bond donors (Lipinski definition) is 0. The summed E-state index contributed by atoms with van der Waals surface area (Å²) in [6.07, 6.45) is 0.993. The van der Waals surface area contributed by atoms with Crippen LogP contribution in [-0.4, -0.2) is 36.2 Å². The molecule has 1 aromatic rings. The molecule has 2 aliphatic heterocycles. The predicted molar refractivity (Wildman–Crippen MR) is 76.6 cm³/mol. The second-order valence-electron chi connectivity index (χ2n) is 4.99. The highest BCUT2D eigenvalue weighted by Gasteiger charge is 2.41. The van der Waals surface area contributed by atoms with E-state index in [-0.39, 0.29) is 11.8 Å².